The van der Waals surface area contributed by atoms with E-state index in [9.17, 15) is 8.42 Å². The first-order valence-corrected chi connectivity index (χ1v) is 12.0. The number of H-pyrrole nitrogens is 1. The standard InChI is InChI=1S/C21H32N4O2S/c1-4-10-24-14-16(23-28(26,27)25(5-2)6-3)12-18-17-8-7-9-19-21(17)15(13-22-19)11-20(18)24/h7-9,13,16,18,20,22-23H,4-6,10-12,14H2,1-3H3/t16-,18+,20+/m0/s1. The van der Waals surface area contributed by atoms with Crippen LogP contribution in [0, 0.1) is 0 Å². The van der Waals surface area contributed by atoms with E-state index in [4.69, 9.17) is 0 Å². The van der Waals surface area contributed by atoms with E-state index in [0.29, 0.717) is 25.0 Å². The topological polar surface area (TPSA) is 68.4 Å². The minimum atomic E-state index is -3.45. The van der Waals surface area contributed by atoms with E-state index in [2.05, 4.69) is 45.9 Å². The monoisotopic (exact) mass is 404 g/mol. The van der Waals surface area contributed by atoms with Gasteiger partial charge >= 0.3 is 0 Å². The number of likely N-dealkylation sites (tertiary alicyclic amines) is 1. The first kappa shape index (κ1) is 19.9. The summed E-state index contributed by atoms with van der Waals surface area (Å²) in [4.78, 5) is 5.93. The summed E-state index contributed by atoms with van der Waals surface area (Å²) >= 11 is 0. The molecule has 2 aromatic rings. The normalized spacial score (nSPS) is 25.4. The fourth-order valence-corrected chi connectivity index (χ4v) is 6.70. The van der Waals surface area contributed by atoms with Crippen molar-refractivity contribution >= 4 is 21.1 Å². The summed E-state index contributed by atoms with van der Waals surface area (Å²) in [7, 11) is -3.45. The molecule has 1 aliphatic heterocycles. The highest BCUT2D eigenvalue weighted by Gasteiger charge is 2.41. The lowest BCUT2D eigenvalue weighted by molar-refractivity contribution is 0.105. The SMILES string of the molecule is CCCN1C[C@@H](NS(=O)(=O)N(CC)CC)C[C@@H]2c3cccc4[nH]cc(c34)C[C@H]21. The Morgan fingerprint density at radius 3 is 2.75 bits per heavy atom. The zero-order chi connectivity index (χ0) is 19.9. The van der Waals surface area contributed by atoms with E-state index in [-0.39, 0.29) is 6.04 Å². The average Bonchev–Trinajstić information content (AvgIpc) is 3.08. The highest BCUT2D eigenvalue weighted by atomic mass is 32.2. The van der Waals surface area contributed by atoms with Crippen molar-refractivity contribution in [3.05, 3.63) is 35.5 Å². The van der Waals surface area contributed by atoms with Crippen LogP contribution in [0.1, 0.15) is 50.7 Å². The second kappa shape index (κ2) is 7.78. The molecule has 2 heterocycles. The summed E-state index contributed by atoms with van der Waals surface area (Å²) in [6.45, 7) is 8.75. The maximum Gasteiger partial charge on any atom is 0.279 e. The molecule has 0 amide bonds. The summed E-state index contributed by atoms with van der Waals surface area (Å²) in [6, 6.07) is 6.88. The van der Waals surface area contributed by atoms with Gasteiger partial charge in [0.2, 0.25) is 0 Å². The molecule has 0 bridgehead atoms. The van der Waals surface area contributed by atoms with Crippen LogP contribution in [0.15, 0.2) is 24.4 Å². The molecule has 3 atom stereocenters. The quantitative estimate of drug-likeness (QED) is 0.746. The van der Waals surface area contributed by atoms with Crippen molar-refractivity contribution in [1.29, 1.82) is 0 Å². The van der Waals surface area contributed by atoms with Gasteiger partial charge < -0.3 is 4.98 Å². The van der Waals surface area contributed by atoms with E-state index < -0.39 is 10.2 Å². The van der Waals surface area contributed by atoms with Crippen LogP contribution in [-0.4, -0.2) is 60.9 Å². The lowest BCUT2D eigenvalue weighted by atomic mass is 9.74. The highest BCUT2D eigenvalue weighted by Crippen LogP contribution is 2.43. The Morgan fingerprint density at radius 2 is 2.04 bits per heavy atom. The summed E-state index contributed by atoms with van der Waals surface area (Å²) in [5, 5.41) is 1.35. The summed E-state index contributed by atoms with van der Waals surface area (Å²) < 4.78 is 30.2. The second-order valence-corrected chi connectivity index (χ2v) is 9.80. The lowest BCUT2D eigenvalue weighted by Crippen LogP contribution is -2.57. The Labute approximate surface area is 168 Å². The Bertz CT molecular complexity index is 935. The van der Waals surface area contributed by atoms with Crippen LogP contribution in [0.2, 0.25) is 0 Å². The number of benzene rings is 1. The minimum absolute atomic E-state index is 0.0610. The van der Waals surface area contributed by atoms with Crippen molar-refractivity contribution in [2.75, 3.05) is 26.2 Å². The maximum absolute atomic E-state index is 12.8. The van der Waals surface area contributed by atoms with Gasteiger partial charge in [0.25, 0.3) is 10.2 Å². The molecule has 2 aliphatic rings. The molecule has 28 heavy (non-hydrogen) atoms. The number of nitrogens with zero attached hydrogens (tertiary/aromatic N) is 2. The van der Waals surface area contributed by atoms with E-state index in [1.54, 1.807) is 0 Å². The van der Waals surface area contributed by atoms with Gasteiger partial charge in [0.05, 0.1) is 0 Å². The Balaban J connectivity index is 1.66. The van der Waals surface area contributed by atoms with Crippen LogP contribution in [0.3, 0.4) is 0 Å². The van der Waals surface area contributed by atoms with Crippen LogP contribution in [0.4, 0.5) is 0 Å². The molecular formula is C21H32N4O2S. The molecule has 1 saturated heterocycles. The van der Waals surface area contributed by atoms with Crippen molar-refractivity contribution in [3.63, 3.8) is 0 Å². The molecule has 1 aromatic carbocycles. The molecule has 1 aliphatic carbocycles. The number of aromatic amines is 1. The fourth-order valence-electron chi connectivity index (χ4n) is 5.28. The van der Waals surface area contributed by atoms with E-state index >= 15 is 0 Å². The molecule has 0 unspecified atom stereocenters. The highest BCUT2D eigenvalue weighted by molar-refractivity contribution is 7.87. The average molecular weight is 405 g/mol. The van der Waals surface area contributed by atoms with Crippen molar-refractivity contribution in [2.24, 2.45) is 0 Å². The second-order valence-electron chi connectivity index (χ2n) is 8.10. The lowest BCUT2D eigenvalue weighted by Gasteiger charge is -2.47. The largest absolute Gasteiger partial charge is 0.361 e. The third-order valence-corrected chi connectivity index (χ3v) is 8.27. The molecule has 0 spiro atoms. The maximum atomic E-state index is 12.8. The van der Waals surface area contributed by atoms with E-state index in [1.165, 1.54) is 26.3 Å². The molecule has 4 rings (SSSR count). The van der Waals surface area contributed by atoms with Gasteiger partial charge in [-0.05, 0) is 43.0 Å². The smallest absolute Gasteiger partial charge is 0.279 e. The molecular weight excluding hydrogens is 372 g/mol. The first-order chi connectivity index (χ1) is 13.5. The Kier molecular flexibility index (Phi) is 5.53. The Morgan fingerprint density at radius 1 is 1.25 bits per heavy atom. The van der Waals surface area contributed by atoms with E-state index in [1.807, 2.05) is 13.8 Å². The van der Waals surface area contributed by atoms with Crippen LogP contribution in [0.25, 0.3) is 10.9 Å². The molecule has 0 radical (unpaired) electrons. The van der Waals surface area contributed by atoms with Gasteiger partial charge in [-0.25, -0.2) is 0 Å². The fraction of sp³-hybridized carbons (Fsp3) is 0.619. The van der Waals surface area contributed by atoms with Crippen LogP contribution in [0.5, 0.6) is 0 Å². The molecule has 1 aromatic heterocycles. The number of piperidine rings is 1. The van der Waals surface area contributed by atoms with Gasteiger partial charge in [-0.2, -0.15) is 17.4 Å². The van der Waals surface area contributed by atoms with Crippen LogP contribution in [-0.2, 0) is 16.6 Å². The predicted molar refractivity (Wildman–Crippen MR) is 114 cm³/mol. The minimum Gasteiger partial charge on any atom is -0.361 e. The van der Waals surface area contributed by atoms with Crippen molar-refractivity contribution < 1.29 is 8.42 Å². The third kappa shape index (κ3) is 3.38. The third-order valence-electron chi connectivity index (χ3n) is 6.45. The van der Waals surface area contributed by atoms with Crippen molar-refractivity contribution in [3.8, 4) is 0 Å². The molecule has 0 saturated carbocycles. The van der Waals surface area contributed by atoms with Crippen LogP contribution >= 0.6 is 0 Å². The Hall–Kier alpha value is -1.41. The van der Waals surface area contributed by atoms with Crippen molar-refractivity contribution in [1.82, 2.24) is 18.9 Å². The molecule has 6 nitrogen and oxygen atoms in total. The van der Waals surface area contributed by atoms with E-state index in [0.717, 1.165) is 32.4 Å². The van der Waals surface area contributed by atoms with Gasteiger partial charge in [-0.1, -0.05) is 32.9 Å². The summed E-state index contributed by atoms with van der Waals surface area (Å²) in [6.07, 6.45) is 5.12. The zero-order valence-corrected chi connectivity index (χ0v) is 17.9. The number of fused-ring (bicyclic) bond motifs is 2. The van der Waals surface area contributed by atoms with Crippen molar-refractivity contribution in [2.45, 2.75) is 58.0 Å². The predicted octanol–water partition coefficient (Wildman–Crippen LogP) is 2.84. The van der Waals surface area contributed by atoms with Crippen LogP contribution < -0.4 is 4.72 Å². The molecule has 2 N–H and O–H groups in total. The van der Waals surface area contributed by atoms with Gasteiger partial charge in [-0.3, -0.25) is 4.90 Å². The number of hydrogen-bond acceptors (Lipinski definition) is 3. The van der Waals surface area contributed by atoms with Gasteiger partial charge in [0.1, 0.15) is 0 Å². The zero-order valence-electron chi connectivity index (χ0n) is 17.1. The number of rotatable bonds is 7. The number of aromatic nitrogens is 1. The van der Waals surface area contributed by atoms with Gasteiger partial charge in [-0.15, -0.1) is 0 Å². The summed E-state index contributed by atoms with van der Waals surface area (Å²) in [5.74, 6) is 0.358. The molecule has 7 heteroatoms. The van der Waals surface area contributed by atoms with Gasteiger partial charge in [0, 0.05) is 54.7 Å². The number of nitrogens with one attached hydrogen (secondary N) is 2. The molecule has 154 valence electrons. The number of hydrogen-bond donors (Lipinski definition) is 2. The van der Waals surface area contributed by atoms with Gasteiger partial charge in [0.15, 0.2) is 0 Å². The first-order valence-electron chi connectivity index (χ1n) is 10.6. The summed E-state index contributed by atoms with van der Waals surface area (Å²) in [5.41, 5.74) is 3.96. The molecule has 1 fully saturated rings.